The largest absolute Gasteiger partial charge is 0.391 e. The molecule has 0 saturated carbocycles. The fourth-order valence-electron chi connectivity index (χ4n) is 2.32. The first kappa shape index (κ1) is 13.4. The molecule has 1 aliphatic rings. The Kier molecular flexibility index (Phi) is 3.92. The third-order valence-electron chi connectivity index (χ3n) is 3.18. The van der Waals surface area contributed by atoms with E-state index in [1.807, 2.05) is 24.0 Å². The average molecular weight is 269 g/mol. The Hall–Kier alpha value is -1.07. The van der Waals surface area contributed by atoms with Gasteiger partial charge in [0.1, 0.15) is 0 Å². The predicted molar refractivity (Wildman–Crippen MR) is 71.6 cm³/mol. The predicted octanol–water partition coefficient (Wildman–Crippen LogP) is 1.44. The second-order valence-corrected chi connectivity index (χ2v) is 6.75. The molecule has 0 unspecified atom stereocenters. The van der Waals surface area contributed by atoms with Gasteiger partial charge in [0.25, 0.3) is 0 Å². The highest BCUT2D eigenvalue weighted by Crippen LogP contribution is 2.29. The summed E-state index contributed by atoms with van der Waals surface area (Å²) >= 11 is 0. The molecule has 0 aromatic heterocycles. The fourth-order valence-corrected chi connectivity index (χ4v) is 3.88. The van der Waals surface area contributed by atoms with E-state index in [0.29, 0.717) is 30.8 Å². The van der Waals surface area contributed by atoms with E-state index in [1.165, 1.54) is 0 Å². The second kappa shape index (κ2) is 5.28. The topological polar surface area (TPSA) is 57.6 Å². The van der Waals surface area contributed by atoms with Crippen LogP contribution in [-0.4, -0.2) is 38.5 Å². The number of anilines is 1. The third kappa shape index (κ3) is 2.67. The van der Waals surface area contributed by atoms with Crippen molar-refractivity contribution in [2.24, 2.45) is 0 Å². The first-order chi connectivity index (χ1) is 8.54. The SMILES string of the molecule is CCCS(=O)(=O)c1ccccc1N1CC[C@@H](O)C1. The van der Waals surface area contributed by atoms with E-state index in [1.54, 1.807) is 12.1 Å². The first-order valence-corrected chi connectivity index (χ1v) is 7.94. The minimum Gasteiger partial charge on any atom is -0.391 e. The van der Waals surface area contributed by atoms with Gasteiger partial charge in [-0.25, -0.2) is 8.42 Å². The van der Waals surface area contributed by atoms with Gasteiger partial charge < -0.3 is 10.0 Å². The molecule has 100 valence electrons. The molecule has 0 radical (unpaired) electrons. The molecule has 1 atom stereocenters. The van der Waals surface area contributed by atoms with Crippen LogP contribution in [0.15, 0.2) is 29.2 Å². The number of aliphatic hydroxyl groups is 1. The fraction of sp³-hybridized carbons (Fsp3) is 0.538. The van der Waals surface area contributed by atoms with Crippen molar-refractivity contribution in [1.29, 1.82) is 0 Å². The molecule has 1 aliphatic heterocycles. The van der Waals surface area contributed by atoms with E-state index in [9.17, 15) is 13.5 Å². The van der Waals surface area contributed by atoms with Gasteiger partial charge >= 0.3 is 0 Å². The van der Waals surface area contributed by atoms with E-state index in [-0.39, 0.29) is 11.9 Å². The van der Waals surface area contributed by atoms with Crippen molar-refractivity contribution in [3.8, 4) is 0 Å². The Morgan fingerprint density at radius 1 is 1.39 bits per heavy atom. The maximum Gasteiger partial charge on any atom is 0.180 e. The number of hydrogen-bond donors (Lipinski definition) is 1. The van der Waals surface area contributed by atoms with Crippen molar-refractivity contribution in [2.75, 3.05) is 23.7 Å². The van der Waals surface area contributed by atoms with Crippen LogP contribution < -0.4 is 4.90 Å². The van der Waals surface area contributed by atoms with E-state index < -0.39 is 9.84 Å². The Morgan fingerprint density at radius 2 is 2.11 bits per heavy atom. The highest BCUT2D eigenvalue weighted by Gasteiger charge is 2.26. The summed E-state index contributed by atoms with van der Waals surface area (Å²) in [7, 11) is -3.22. The lowest BCUT2D eigenvalue weighted by molar-refractivity contribution is 0.198. The van der Waals surface area contributed by atoms with E-state index in [4.69, 9.17) is 0 Å². The molecule has 0 bridgehead atoms. The molecule has 4 nitrogen and oxygen atoms in total. The molecule has 1 saturated heterocycles. The summed E-state index contributed by atoms with van der Waals surface area (Å²) in [5.41, 5.74) is 0.725. The second-order valence-electron chi connectivity index (χ2n) is 4.68. The monoisotopic (exact) mass is 269 g/mol. The normalized spacial score (nSPS) is 20.3. The Balaban J connectivity index is 2.37. The summed E-state index contributed by atoms with van der Waals surface area (Å²) < 4.78 is 24.4. The van der Waals surface area contributed by atoms with Crippen LogP contribution in [0, 0.1) is 0 Å². The van der Waals surface area contributed by atoms with Crippen molar-refractivity contribution < 1.29 is 13.5 Å². The van der Waals surface area contributed by atoms with Crippen molar-refractivity contribution in [2.45, 2.75) is 30.8 Å². The van der Waals surface area contributed by atoms with Gasteiger partial charge in [0.2, 0.25) is 0 Å². The molecule has 18 heavy (non-hydrogen) atoms. The molecule has 1 aromatic carbocycles. The number of nitrogens with zero attached hydrogens (tertiary/aromatic N) is 1. The highest BCUT2D eigenvalue weighted by molar-refractivity contribution is 7.91. The number of benzene rings is 1. The summed E-state index contributed by atoms with van der Waals surface area (Å²) in [5.74, 6) is 0.167. The molecule has 0 aliphatic carbocycles. The van der Waals surface area contributed by atoms with Crippen LogP contribution in [0.4, 0.5) is 5.69 Å². The summed E-state index contributed by atoms with van der Waals surface area (Å²) in [5, 5.41) is 9.57. The van der Waals surface area contributed by atoms with Crippen molar-refractivity contribution in [1.82, 2.24) is 0 Å². The number of β-amino-alcohol motifs (C(OH)–C–C–N with tert-alkyl or cyclic N) is 1. The zero-order valence-electron chi connectivity index (χ0n) is 10.5. The number of para-hydroxylation sites is 1. The van der Waals surface area contributed by atoms with Gasteiger partial charge in [0.15, 0.2) is 9.84 Å². The zero-order valence-corrected chi connectivity index (χ0v) is 11.4. The van der Waals surface area contributed by atoms with Crippen molar-refractivity contribution in [3.63, 3.8) is 0 Å². The molecule has 1 heterocycles. The van der Waals surface area contributed by atoms with Gasteiger partial charge in [-0.2, -0.15) is 0 Å². The van der Waals surface area contributed by atoms with Gasteiger partial charge in [-0.1, -0.05) is 19.1 Å². The number of aliphatic hydroxyl groups excluding tert-OH is 1. The maximum atomic E-state index is 12.2. The van der Waals surface area contributed by atoms with Crippen LogP contribution in [0.25, 0.3) is 0 Å². The summed E-state index contributed by atoms with van der Waals surface area (Å²) in [4.78, 5) is 2.34. The molecule has 5 heteroatoms. The molecule has 1 fully saturated rings. The molecule has 0 spiro atoms. The van der Waals surface area contributed by atoms with E-state index >= 15 is 0 Å². The van der Waals surface area contributed by atoms with Crippen LogP contribution >= 0.6 is 0 Å². The van der Waals surface area contributed by atoms with Crippen LogP contribution in [0.1, 0.15) is 19.8 Å². The van der Waals surface area contributed by atoms with Crippen LogP contribution in [0.3, 0.4) is 0 Å². The number of sulfone groups is 1. The first-order valence-electron chi connectivity index (χ1n) is 6.29. The Bertz CT molecular complexity index is 513. The lowest BCUT2D eigenvalue weighted by Gasteiger charge is -2.21. The minimum absolute atomic E-state index is 0.167. The molecular formula is C13H19NO3S. The molecule has 1 N–H and O–H groups in total. The molecule has 0 amide bonds. The van der Waals surface area contributed by atoms with E-state index in [0.717, 1.165) is 5.69 Å². The highest BCUT2D eigenvalue weighted by atomic mass is 32.2. The lowest BCUT2D eigenvalue weighted by Crippen LogP contribution is -2.23. The zero-order chi connectivity index (χ0) is 13.2. The Morgan fingerprint density at radius 3 is 2.72 bits per heavy atom. The lowest BCUT2D eigenvalue weighted by atomic mass is 10.3. The van der Waals surface area contributed by atoms with Gasteiger partial charge in [-0.3, -0.25) is 0 Å². The van der Waals surface area contributed by atoms with Gasteiger partial charge in [-0.05, 0) is 25.0 Å². The molecule has 2 rings (SSSR count). The third-order valence-corrected chi connectivity index (χ3v) is 5.14. The molecule has 1 aromatic rings. The number of rotatable bonds is 4. The minimum atomic E-state index is -3.22. The van der Waals surface area contributed by atoms with Crippen molar-refractivity contribution >= 4 is 15.5 Å². The smallest absolute Gasteiger partial charge is 0.180 e. The number of hydrogen-bond acceptors (Lipinski definition) is 4. The van der Waals surface area contributed by atoms with Crippen LogP contribution in [0.2, 0.25) is 0 Å². The summed E-state index contributed by atoms with van der Waals surface area (Å²) in [6.07, 6.45) is 0.952. The van der Waals surface area contributed by atoms with Crippen LogP contribution in [0.5, 0.6) is 0 Å². The standard InChI is InChI=1S/C13H19NO3S/c1-2-9-18(16,17)13-6-4-3-5-12(13)14-8-7-11(15)10-14/h3-6,11,15H,2,7-10H2,1H3/t11-/m1/s1. The van der Waals surface area contributed by atoms with E-state index in [2.05, 4.69) is 0 Å². The average Bonchev–Trinajstić information content (AvgIpc) is 2.76. The van der Waals surface area contributed by atoms with Gasteiger partial charge in [0, 0.05) is 13.1 Å². The quantitative estimate of drug-likeness (QED) is 0.898. The van der Waals surface area contributed by atoms with Gasteiger partial charge in [-0.15, -0.1) is 0 Å². The maximum absolute atomic E-state index is 12.2. The Labute approximate surface area is 108 Å². The van der Waals surface area contributed by atoms with Crippen LogP contribution in [-0.2, 0) is 9.84 Å². The summed E-state index contributed by atoms with van der Waals surface area (Å²) in [6, 6.07) is 7.06. The van der Waals surface area contributed by atoms with Gasteiger partial charge in [0.05, 0.1) is 22.4 Å². The molecular weight excluding hydrogens is 250 g/mol. The summed E-state index contributed by atoms with van der Waals surface area (Å²) in [6.45, 7) is 3.08. The van der Waals surface area contributed by atoms with Crippen molar-refractivity contribution in [3.05, 3.63) is 24.3 Å².